The topological polar surface area (TPSA) is 121 Å². The molecule has 1 aliphatic rings. The predicted molar refractivity (Wildman–Crippen MR) is 176 cm³/mol. The third kappa shape index (κ3) is 6.43. The van der Waals surface area contributed by atoms with Crippen molar-refractivity contribution in [2.75, 3.05) is 26.1 Å². The summed E-state index contributed by atoms with van der Waals surface area (Å²) in [6.07, 6.45) is -4.98. The van der Waals surface area contributed by atoms with Gasteiger partial charge in [-0.3, -0.25) is 9.36 Å². The quantitative estimate of drug-likeness (QED) is 0.189. The van der Waals surface area contributed by atoms with E-state index in [2.05, 4.69) is 10.3 Å². The third-order valence-corrected chi connectivity index (χ3v) is 8.31. The van der Waals surface area contributed by atoms with Crippen molar-refractivity contribution >= 4 is 11.7 Å². The van der Waals surface area contributed by atoms with Crippen molar-refractivity contribution in [2.45, 2.75) is 30.2 Å². The lowest BCUT2D eigenvalue weighted by atomic mass is 9.80. The molecule has 10 nitrogen and oxygen atoms in total. The molecule has 1 aromatic heterocycles. The Balaban J connectivity index is 1.29. The van der Waals surface area contributed by atoms with Crippen LogP contribution in [0.15, 0.2) is 126 Å². The molecule has 246 valence electrons. The van der Waals surface area contributed by atoms with Gasteiger partial charge in [-0.05, 0) is 59.2 Å². The molecule has 0 saturated carbocycles. The van der Waals surface area contributed by atoms with Gasteiger partial charge in [0.2, 0.25) is 0 Å². The Labute approximate surface area is 276 Å². The number of nitrogens with one attached hydrogen (secondary N) is 1. The zero-order valence-corrected chi connectivity index (χ0v) is 26.2. The van der Waals surface area contributed by atoms with E-state index in [1.165, 1.54) is 12.3 Å². The number of aliphatic hydroxyl groups excluding tert-OH is 1. The molecule has 48 heavy (non-hydrogen) atoms. The first-order valence-electron chi connectivity index (χ1n) is 15.3. The molecule has 1 saturated heterocycles. The Morgan fingerprint density at radius 1 is 0.854 bits per heavy atom. The summed E-state index contributed by atoms with van der Waals surface area (Å²) in [7, 11) is 3.16. The minimum Gasteiger partial charge on any atom is -0.497 e. The van der Waals surface area contributed by atoms with Gasteiger partial charge in [-0.1, -0.05) is 72.8 Å². The normalized spacial score (nSPS) is 19.1. The number of hydrogen-bond acceptors (Lipinski definition) is 8. The SMILES string of the molecule is COc1ccc(C(OC[C@H]2O[C@@H](n3ccc(NC(=O)c4ccccc4)nc3=O)C(F)[C@H]2O)(c2ccccc2)c2ccc(OC)cc2)cc1. The average molecular weight is 652 g/mol. The molecule has 6 rings (SSSR count). The summed E-state index contributed by atoms with van der Waals surface area (Å²) in [5, 5.41) is 13.6. The molecule has 1 fully saturated rings. The molecule has 5 aromatic rings. The van der Waals surface area contributed by atoms with Crippen molar-refractivity contribution in [1.82, 2.24) is 9.55 Å². The standard InChI is InChI=1S/C37H34FN3O7/c1-45-28-17-13-26(14-18-28)37(25-11-7-4-8-12-25,27-15-19-29(46-2)20-16-27)47-23-30-33(42)32(38)35(48-30)41-22-21-31(40-36(41)44)39-34(43)24-9-5-3-6-10-24/h3-22,30,32-33,35,42H,23H2,1-2H3,(H,39,40,43,44)/t30-,32?,33+,35-/m1/s1. The number of halogens is 1. The highest BCUT2D eigenvalue weighted by atomic mass is 19.1. The van der Waals surface area contributed by atoms with E-state index in [1.807, 2.05) is 78.9 Å². The number of carbonyl (C=O) groups is 1. The molecule has 2 heterocycles. The highest BCUT2D eigenvalue weighted by Crippen LogP contribution is 2.43. The first-order valence-corrected chi connectivity index (χ1v) is 15.3. The van der Waals surface area contributed by atoms with E-state index in [0.717, 1.165) is 21.3 Å². The number of carbonyl (C=O) groups excluding carboxylic acids is 1. The molecular weight excluding hydrogens is 617 g/mol. The van der Waals surface area contributed by atoms with Gasteiger partial charge < -0.3 is 29.4 Å². The maximum atomic E-state index is 15.7. The van der Waals surface area contributed by atoms with Gasteiger partial charge in [-0.2, -0.15) is 4.98 Å². The molecule has 0 bridgehead atoms. The molecule has 11 heteroatoms. The minimum atomic E-state index is -1.98. The fourth-order valence-electron chi connectivity index (χ4n) is 5.80. The number of methoxy groups -OCH3 is 2. The van der Waals surface area contributed by atoms with Crippen molar-refractivity contribution in [3.8, 4) is 11.5 Å². The molecule has 1 amide bonds. The van der Waals surface area contributed by atoms with Crippen LogP contribution in [0.25, 0.3) is 0 Å². The van der Waals surface area contributed by atoms with Gasteiger partial charge in [0, 0.05) is 11.8 Å². The molecule has 0 radical (unpaired) electrons. The lowest BCUT2D eigenvalue weighted by Gasteiger charge is -2.37. The minimum absolute atomic E-state index is 0.00873. The number of hydrogen-bond donors (Lipinski definition) is 2. The maximum Gasteiger partial charge on any atom is 0.351 e. The van der Waals surface area contributed by atoms with Crippen molar-refractivity contribution in [3.05, 3.63) is 154 Å². The summed E-state index contributed by atoms with van der Waals surface area (Å²) in [5.74, 6) is 0.838. The van der Waals surface area contributed by atoms with Gasteiger partial charge in [0.15, 0.2) is 12.4 Å². The van der Waals surface area contributed by atoms with E-state index in [1.54, 1.807) is 44.6 Å². The van der Waals surface area contributed by atoms with Gasteiger partial charge in [-0.25, -0.2) is 9.18 Å². The first kappa shape index (κ1) is 32.6. The van der Waals surface area contributed by atoms with E-state index >= 15 is 4.39 Å². The lowest BCUT2D eigenvalue weighted by molar-refractivity contribution is -0.0950. The molecule has 2 N–H and O–H groups in total. The highest BCUT2D eigenvalue weighted by Gasteiger charge is 2.48. The molecule has 0 spiro atoms. The van der Waals surface area contributed by atoms with E-state index in [9.17, 15) is 14.7 Å². The third-order valence-electron chi connectivity index (χ3n) is 8.31. The van der Waals surface area contributed by atoms with Crippen molar-refractivity contribution in [1.29, 1.82) is 0 Å². The number of amides is 1. The van der Waals surface area contributed by atoms with E-state index in [4.69, 9.17) is 18.9 Å². The fraction of sp³-hybridized carbons (Fsp3) is 0.216. The molecular formula is C37H34FN3O7. The monoisotopic (exact) mass is 651 g/mol. The Hall–Kier alpha value is -5.36. The number of rotatable bonds is 11. The second-order valence-corrected chi connectivity index (χ2v) is 11.1. The van der Waals surface area contributed by atoms with E-state index in [0.29, 0.717) is 17.1 Å². The van der Waals surface area contributed by atoms with Crippen LogP contribution in [-0.2, 0) is 15.1 Å². The summed E-state index contributed by atoms with van der Waals surface area (Å²) in [6, 6.07) is 34.1. The molecule has 1 unspecified atom stereocenters. The highest BCUT2D eigenvalue weighted by molar-refractivity contribution is 6.03. The maximum absolute atomic E-state index is 15.7. The zero-order chi connectivity index (χ0) is 33.7. The van der Waals surface area contributed by atoms with Crippen molar-refractivity contribution in [2.24, 2.45) is 0 Å². The van der Waals surface area contributed by atoms with Crippen LogP contribution >= 0.6 is 0 Å². The molecule has 0 aliphatic carbocycles. The number of aromatic nitrogens is 2. The largest absolute Gasteiger partial charge is 0.497 e. The number of anilines is 1. The smallest absolute Gasteiger partial charge is 0.351 e. The van der Waals surface area contributed by atoms with Crippen LogP contribution in [0.1, 0.15) is 33.3 Å². The summed E-state index contributed by atoms with van der Waals surface area (Å²) >= 11 is 0. The summed E-state index contributed by atoms with van der Waals surface area (Å²) < 4.78 is 40.1. The van der Waals surface area contributed by atoms with Crippen LogP contribution in [-0.4, -0.2) is 59.8 Å². The van der Waals surface area contributed by atoms with Crippen LogP contribution in [0, 0.1) is 0 Å². The van der Waals surface area contributed by atoms with Gasteiger partial charge in [0.25, 0.3) is 5.91 Å². The first-order chi connectivity index (χ1) is 23.3. The van der Waals surface area contributed by atoms with E-state index in [-0.39, 0.29) is 12.4 Å². The van der Waals surface area contributed by atoms with Crippen molar-refractivity contribution in [3.63, 3.8) is 0 Å². The number of alkyl halides is 1. The number of benzene rings is 4. The van der Waals surface area contributed by atoms with Gasteiger partial charge in [0.1, 0.15) is 35.1 Å². The number of nitrogens with zero attached hydrogens (tertiary/aromatic N) is 2. The molecule has 1 aliphatic heterocycles. The Morgan fingerprint density at radius 3 is 1.94 bits per heavy atom. The molecule has 4 atom stereocenters. The van der Waals surface area contributed by atoms with Crippen LogP contribution in [0.3, 0.4) is 0 Å². The second-order valence-electron chi connectivity index (χ2n) is 11.1. The summed E-state index contributed by atoms with van der Waals surface area (Å²) in [4.78, 5) is 29.4. The fourth-order valence-corrected chi connectivity index (χ4v) is 5.80. The Morgan fingerprint density at radius 2 is 1.40 bits per heavy atom. The van der Waals surface area contributed by atoms with Crippen molar-refractivity contribution < 1.29 is 33.2 Å². The Bertz CT molecular complexity index is 1840. The second kappa shape index (κ2) is 14.2. The van der Waals surface area contributed by atoms with Gasteiger partial charge in [-0.15, -0.1) is 0 Å². The van der Waals surface area contributed by atoms with Crippen LogP contribution in [0.4, 0.5) is 10.2 Å². The Kier molecular flexibility index (Phi) is 9.62. The lowest BCUT2D eigenvalue weighted by Crippen LogP contribution is -2.39. The van der Waals surface area contributed by atoms with Crippen LogP contribution in [0.2, 0.25) is 0 Å². The summed E-state index contributed by atoms with van der Waals surface area (Å²) in [6.45, 7) is -0.252. The number of ether oxygens (including phenoxy) is 4. The van der Waals surface area contributed by atoms with Gasteiger partial charge in [0.05, 0.1) is 20.8 Å². The summed E-state index contributed by atoms with van der Waals surface area (Å²) in [5.41, 5.74) is 0.549. The van der Waals surface area contributed by atoms with Crippen LogP contribution in [0.5, 0.6) is 11.5 Å². The average Bonchev–Trinajstić information content (AvgIpc) is 3.42. The molecule has 4 aromatic carbocycles. The number of aliphatic hydroxyl groups is 1. The van der Waals surface area contributed by atoms with Gasteiger partial charge >= 0.3 is 5.69 Å². The predicted octanol–water partition coefficient (Wildman–Crippen LogP) is 5.12. The zero-order valence-electron chi connectivity index (χ0n) is 26.2. The van der Waals surface area contributed by atoms with Crippen LogP contribution < -0.4 is 20.5 Å². The van der Waals surface area contributed by atoms with E-state index < -0.39 is 41.8 Å².